The van der Waals surface area contributed by atoms with Crippen molar-refractivity contribution in [2.75, 3.05) is 6.61 Å². The van der Waals surface area contributed by atoms with Gasteiger partial charge in [0.15, 0.2) is 0 Å². The van der Waals surface area contributed by atoms with Gasteiger partial charge in [0.2, 0.25) is 0 Å². The molecule has 5 aliphatic carbocycles. The van der Waals surface area contributed by atoms with E-state index in [4.69, 9.17) is 4.74 Å². The zero-order valence-corrected chi connectivity index (χ0v) is 34.8. The molecule has 5 fully saturated rings. The molecule has 3 heteroatoms. The average Bonchev–Trinajstić information content (AvgIpc) is 3.48. The maximum absolute atomic E-state index is 13.2. The summed E-state index contributed by atoms with van der Waals surface area (Å²) in [5.41, 5.74) is 2.39. The van der Waals surface area contributed by atoms with Crippen LogP contribution in [0, 0.1) is 56.7 Å². The summed E-state index contributed by atoms with van der Waals surface area (Å²) < 4.78 is 6.30. The number of unbranched alkanes of at least 4 members (excludes halogenated alkanes) is 11. The van der Waals surface area contributed by atoms with Gasteiger partial charge in [0.05, 0.1) is 12.7 Å². The fourth-order valence-corrected chi connectivity index (χ4v) is 14.2. The molecule has 0 heterocycles. The van der Waals surface area contributed by atoms with Crippen LogP contribution in [0.3, 0.4) is 0 Å². The highest BCUT2D eigenvalue weighted by Crippen LogP contribution is 2.77. The Morgan fingerprint density at radius 2 is 1.37 bits per heavy atom. The molecule has 0 saturated heterocycles. The lowest BCUT2D eigenvalue weighted by Gasteiger charge is -2.73. The van der Waals surface area contributed by atoms with Crippen LogP contribution in [-0.4, -0.2) is 23.8 Å². The van der Waals surface area contributed by atoms with Gasteiger partial charge in [-0.2, -0.15) is 0 Å². The number of ether oxygens (including phenoxy) is 1. The molecule has 0 unspecified atom stereocenters. The van der Waals surface area contributed by atoms with E-state index in [0.717, 1.165) is 25.2 Å². The minimum Gasteiger partial charge on any atom is -0.465 e. The molecule has 0 spiro atoms. The Morgan fingerprint density at radius 3 is 2.04 bits per heavy atom. The van der Waals surface area contributed by atoms with E-state index in [2.05, 4.69) is 67.2 Å². The zero-order valence-electron chi connectivity index (χ0n) is 34.8. The molecule has 0 aromatic carbocycles. The van der Waals surface area contributed by atoms with Crippen LogP contribution in [0.4, 0.5) is 0 Å². The van der Waals surface area contributed by atoms with Gasteiger partial charge < -0.3 is 9.84 Å². The Morgan fingerprint density at radius 1 is 0.725 bits per heavy atom. The molecule has 5 saturated carbocycles. The molecule has 0 aromatic rings. The van der Waals surface area contributed by atoms with Gasteiger partial charge in [-0.05, 0) is 154 Å². The van der Waals surface area contributed by atoms with Crippen molar-refractivity contribution in [2.24, 2.45) is 56.7 Å². The Hall–Kier alpha value is -1.09. The SMILES string of the molecule is C=C(C)[C@@H]1CC[C@]2(COC(=O)CCCCCCC/C=C\CCCCCCCC)CC[C@]3(C)[C@H](CC[C@@H]4[C@@]5(C)CC[C@H](O)C(C)(C)[C@@H]5CC[C@]43C)[C@@H]12. The largest absolute Gasteiger partial charge is 0.465 e. The molecule has 0 aromatic heterocycles. The van der Waals surface area contributed by atoms with E-state index in [1.165, 1.54) is 134 Å². The standard InChI is InChI=1S/C48H82O3/c1-9-10-11-12-13-14-15-16-17-18-19-20-21-22-23-24-42(50)51-35-48-32-27-37(36(2)3)43(48)38-25-26-40-45(6)30-29-41(49)44(4,5)39(45)28-31-47(40,8)46(38,7)33-34-48/h16-17,37-41,43,49H,2,9-15,18-35H2,1,3-8H3/b17-16-/t37-,38+,39-,40+,41-,43+,45-,46+,47+,48+/m0/s1. The van der Waals surface area contributed by atoms with Gasteiger partial charge in [0, 0.05) is 11.8 Å². The van der Waals surface area contributed by atoms with Crippen molar-refractivity contribution in [1.29, 1.82) is 0 Å². The smallest absolute Gasteiger partial charge is 0.305 e. The van der Waals surface area contributed by atoms with Crippen LogP contribution < -0.4 is 0 Å². The first-order valence-corrected chi connectivity index (χ1v) is 22.4. The summed E-state index contributed by atoms with van der Waals surface area (Å²) in [6.07, 6.45) is 33.9. The zero-order chi connectivity index (χ0) is 36.9. The monoisotopic (exact) mass is 707 g/mol. The van der Waals surface area contributed by atoms with E-state index >= 15 is 0 Å². The summed E-state index contributed by atoms with van der Waals surface area (Å²) in [4.78, 5) is 13.2. The van der Waals surface area contributed by atoms with E-state index in [-0.39, 0.29) is 22.9 Å². The van der Waals surface area contributed by atoms with Crippen LogP contribution >= 0.6 is 0 Å². The second-order valence-electron chi connectivity index (χ2n) is 20.4. The lowest BCUT2D eigenvalue weighted by Crippen LogP contribution is -2.66. The van der Waals surface area contributed by atoms with Gasteiger partial charge in [-0.15, -0.1) is 0 Å². The molecule has 1 N–H and O–H groups in total. The predicted octanol–water partition coefficient (Wildman–Crippen LogP) is 13.6. The highest BCUT2D eigenvalue weighted by atomic mass is 16.5. The number of carbonyl (C=O) groups excluding carboxylic acids is 1. The Labute approximate surface area is 316 Å². The number of aliphatic hydroxyl groups excluding tert-OH is 1. The van der Waals surface area contributed by atoms with Crippen molar-refractivity contribution < 1.29 is 14.6 Å². The molecule has 3 nitrogen and oxygen atoms in total. The molecule has 0 bridgehead atoms. The Balaban J connectivity index is 1.11. The van der Waals surface area contributed by atoms with E-state index < -0.39 is 0 Å². The number of hydrogen-bond donors (Lipinski definition) is 1. The molecule has 5 rings (SSSR count). The number of hydrogen-bond acceptors (Lipinski definition) is 3. The highest BCUT2D eigenvalue weighted by Gasteiger charge is 2.71. The second-order valence-corrected chi connectivity index (χ2v) is 20.4. The van der Waals surface area contributed by atoms with E-state index in [1.807, 2.05) is 0 Å². The van der Waals surface area contributed by atoms with Crippen molar-refractivity contribution in [3.63, 3.8) is 0 Å². The maximum atomic E-state index is 13.2. The van der Waals surface area contributed by atoms with Gasteiger partial charge in [0.25, 0.3) is 0 Å². The number of fused-ring (bicyclic) bond motifs is 7. The third kappa shape index (κ3) is 8.15. The van der Waals surface area contributed by atoms with E-state index in [1.54, 1.807) is 0 Å². The van der Waals surface area contributed by atoms with E-state index in [0.29, 0.717) is 52.9 Å². The van der Waals surface area contributed by atoms with E-state index in [9.17, 15) is 9.90 Å². The molecule has 292 valence electrons. The second kappa shape index (κ2) is 17.1. The third-order valence-electron chi connectivity index (χ3n) is 17.4. The molecule has 5 aliphatic rings. The van der Waals surface area contributed by atoms with Crippen LogP contribution in [0.5, 0.6) is 0 Å². The summed E-state index contributed by atoms with van der Waals surface area (Å²) in [5, 5.41) is 11.1. The minimum atomic E-state index is -0.170. The highest BCUT2D eigenvalue weighted by molar-refractivity contribution is 5.69. The number of allylic oxidation sites excluding steroid dienone is 3. The fraction of sp³-hybridized carbons (Fsp3) is 0.896. The first-order valence-electron chi connectivity index (χ1n) is 22.4. The lowest BCUT2D eigenvalue weighted by atomic mass is 9.32. The third-order valence-corrected chi connectivity index (χ3v) is 17.4. The first-order chi connectivity index (χ1) is 24.3. The van der Waals surface area contributed by atoms with Crippen LogP contribution in [0.25, 0.3) is 0 Å². The molecular formula is C48H82O3. The first kappa shape index (κ1) is 41.1. The maximum Gasteiger partial charge on any atom is 0.305 e. The summed E-state index contributed by atoms with van der Waals surface area (Å²) in [6.45, 7) is 22.5. The summed E-state index contributed by atoms with van der Waals surface area (Å²) >= 11 is 0. The molecule has 0 radical (unpaired) electrons. The van der Waals surface area contributed by atoms with Crippen molar-refractivity contribution in [2.45, 2.75) is 209 Å². The van der Waals surface area contributed by atoms with Crippen molar-refractivity contribution in [3.8, 4) is 0 Å². The fourth-order valence-electron chi connectivity index (χ4n) is 14.2. The van der Waals surface area contributed by atoms with Gasteiger partial charge >= 0.3 is 5.97 Å². The number of rotatable bonds is 18. The normalized spacial score (nSPS) is 39.9. The predicted molar refractivity (Wildman–Crippen MR) is 215 cm³/mol. The Bertz CT molecular complexity index is 1180. The molecule has 51 heavy (non-hydrogen) atoms. The van der Waals surface area contributed by atoms with Crippen molar-refractivity contribution in [3.05, 3.63) is 24.3 Å². The number of esters is 1. The average molecular weight is 707 g/mol. The molecular weight excluding hydrogens is 625 g/mol. The molecule has 0 aliphatic heterocycles. The number of aliphatic hydroxyl groups is 1. The van der Waals surface area contributed by atoms with Gasteiger partial charge in [-0.3, -0.25) is 4.79 Å². The summed E-state index contributed by atoms with van der Waals surface area (Å²) in [6, 6.07) is 0. The van der Waals surface area contributed by atoms with Crippen LogP contribution in [-0.2, 0) is 9.53 Å². The lowest BCUT2D eigenvalue weighted by molar-refractivity contribution is -0.250. The quantitative estimate of drug-likeness (QED) is 0.0877. The summed E-state index contributed by atoms with van der Waals surface area (Å²) in [5.74, 6) is 3.16. The van der Waals surface area contributed by atoms with Crippen molar-refractivity contribution in [1.82, 2.24) is 0 Å². The molecule has 0 amide bonds. The van der Waals surface area contributed by atoms with Gasteiger partial charge in [-0.25, -0.2) is 0 Å². The molecule has 10 atom stereocenters. The van der Waals surface area contributed by atoms with Crippen molar-refractivity contribution >= 4 is 5.97 Å². The van der Waals surface area contributed by atoms with Crippen LogP contribution in [0.15, 0.2) is 24.3 Å². The van der Waals surface area contributed by atoms with Gasteiger partial charge in [0.1, 0.15) is 0 Å². The van der Waals surface area contributed by atoms with Gasteiger partial charge in [-0.1, -0.05) is 117 Å². The van der Waals surface area contributed by atoms with Crippen LogP contribution in [0.1, 0.15) is 203 Å². The van der Waals surface area contributed by atoms with Crippen LogP contribution in [0.2, 0.25) is 0 Å². The number of carbonyl (C=O) groups is 1. The topological polar surface area (TPSA) is 46.5 Å². The Kier molecular flexibility index (Phi) is 13.8. The minimum absolute atomic E-state index is 0.00179. The summed E-state index contributed by atoms with van der Waals surface area (Å²) in [7, 11) is 0.